The predicted octanol–water partition coefficient (Wildman–Crippen LogP) is 11.0. The second kappa shape index (κ2) is 19.0. The molecule has 0 atom stereocenters. The van der Waals surface area contributed by atoms with Crippen LogP contribution in [0.5, 0.6) is 0 Å². The molecule has 0 aromatic heterocycles. The zero-order chi connectivity index (χ0) is 22.5. The third-order valence-corrected chi connectivity index (χ3v) is 6.94. The third kappa shape index (κ3) is 13.1. The van der Waals surface area contributed by atoms with Gasteiger partial charge in [-0.2, -0.15) is 0 Å². The first-order chi connectivity index (χ1) is 15.9. The Kier molecular flexibility index (Phi) is 15.8. The molecule has 0 saturated carbocycles. The largest absolute Gasteiger partial charge is 0.103 e. The molecule has 0 aliphatic rings. The molecule has 0 unspecified atom stereocenters. The van der Waals surface area contributed by atoms with E-state index in [0.29, 0.717) is 0 Å². The van der Waals surface area contributed by atoms with E-state index in [4.69, 9.17) is 0 Å². The summed E-state index contributed by atoms with van der Waals surface area (Å²) in [6.45, 7) is 3.79. The van der Waals surface area contributed by atoms with E-state index in [1.165, 1.54) is 145 Å². The summed E-state index contributed by atoms with van der Waals surface area (Å²) in [4.78, 5) is 0. The number of rotatable bonds is 21. The monoisotopic (exact) mass is 434 g/mol. The van der Waals surface area contributed by atoms with Crippen LogP contribution in [-0.4, -0.2) is 0 Å². The Morgan fingerprint density at radius 3 is 1.41 bits per heavy atom. The molecule has 0 saturated heterocycles. The van der Waals surface area contributed by atoms with Gasteiger partial charge in [-0.1, -0.05) is 151 Å². The van der Waals surface area contributed by atoms with E-state index in [-0.39, 0.29) is 0 Å². The molecule has 0 aliphatic carbocycles. The lowest BCUT2D eigenvalue weighted by atomic mass is 10.0. The molecular formula is C32H50. The first kappa shape index (κ1) is 26.7. The molecule has 0 amide bonds. The molecule has 0 heterocycles. The number of hydrogen-bond acceptors (Lipinski definition) is 0. The molecule has 2 aromatic rings. The van der Waals surface area contributed by atoms with Gasteiger partial charge in [0, 0.05) is 0 Å². The third-order valence-electron chi connectivity index (χ3n) is 6.94. The van der Waals surface area contributed by atoms with Crippen molar-refractivity contribution < 1.29 is 0 Å². The number of fused-ring (bicyclic) bond motifs is 1. The van der Waals surface area contributed by atoms with Crippen molar-refractivity contribution in [1.29, 1.82) is 0 Å². The molecule has 0 aliphatic heterocycles. The summed E-state index contributed by atoms with van der Waals surface area (Å²) < 4.78 is 0. The van der Waals surface area contributed by atoms with Crippen LogP contribution in [0.1, 0.15) is 128 Å². The van der Waals surface area contributed by atoms with Gasteiger partial charge in [0.05, 0.1) is 0 Å². The zero-order valence-corrected chi connectivity index (χ0v) is 21.0. The molecule has 0 bridgehead atoms. The Morgan fingerprint density at radius 2 is 0.906 bits per heavy atom. The van der Waals surface area contributed by atoms with Crippen molar-refractivity contribution >= 4 is 10.8 Å². The van der Waals surface area contributed by atoms with Crippen molar-refractivity contribution in [2.45, 2.75) is 128 Å². The van der Waals surface area contributed by atoms with Crippen LogP contribution >= 0.6 is 0 Å². The average Bonchev–Trinajstić information content (AvgIpc) is 2.82. The summed E-state index contributed by atoms with van der Waals surface area (Å²) in [6, 6.07) is 15.7. The van der Waals surface area contributed by atoms with Gasteiger partial charge in [-0.3, -0.25) is 0 Å². The maximum atomic E-state index is 3.79. The zero-order valence-electron chi connectivity index (χ0n) is 21.0. The number of benzene rings is 2. The van der Waals surface area contributed by atoms with Gasteiger partial charge in [0.1, 0.15) is 0 Å². The molecule has 0 N–H and O–H groups in total. The Labute approximate surface area is 199 Å². The minimum atomic E-state index is 1.20. The summed E-state index contributed by atoms with van der Waals surface area (Å²) in [6.07, 6.45) is 30.3. The van der Waals surface area contributed by atoms with Crippen molar-refractivity contribution in [3.05, 3.63) is 60.7 Å². The number of hydrogen-bond donors (Lipinski definition) is 0. The molecule has 0 fully saturated rings. The first-order valence-corrected chi connectivity index (χ1v) is 14.0. The van der Waals surface area contributed by atoms with Gasteiger partial charge in [0.15, 0.2) is 0 Å². The summed E-state index contributed by atoms with van der Waals surface area (Å²) in [7, 11) is 0. The van der Waals surface area contributed by atoms with Crippen molar-refractivity contribution in [2.75, 3.05) is 0 Å². The highest BCUT2D eigenvalue weighted by Gasteiger charge is 1.98. The molecule has 0 spiro atoms. The smallest absolute Gasteiger partial charge is 0.0181 e. The lowest BCUT2D eigenvalue weighted by molar-refractivity contribution is 0.524. The van der Waals surface area contributed by atoms with E-state index in [2.05, 4.69) is 55.1 Å². The standard InChI is InChI=1S/C32H50/c1-2-3-4-5-6-7-8-9-10-11-12-13-14-15-16-17-18-19-20-21-24-30-27-28-31-25-22-23-26-32(31)29-30/h2,22-23,25-29H,1,3-21,24H2. The van der Waals surface area contributed by atoms with Gasteiger partial charge in [0.2, 0.25) is 0 Å². The Hall–Kier alpha value is -1.56. The van der Waals surface area contributed by atoms with Gasteiger partial charge in [-0.05, 0) is 42.0 Å². The topological polar surface area (TPSA) is 0 Å². The van der Waals surface area contributed by atoms with E-state index < -0.39 is 0 Å². The van der Waals surface area contributed by atoms with Crippen LogP contribution in [-0.2, 0) is 6.42 Å². The quantitative estimate of drug-likeness (QED) is 0.135. The molecule has 178 valence electrons. The van der Waals surface area contributed by atoms with Gasteiger partial charge in [-0.15, -0.1) is 6.58 Å². The van der Waals surface area contributed by atoms with Crippen molar-refractivity contribution in [3.8, 4) is 0 Å². The fourth-order valence-electron chi connectivity index (χ4n) is 4.84. The van der Waals surface area contributed by atoms with Gasteiger partial charge < -0.3 is 0 Å². The molecule has 0 radical (unpaired) electrons. The summed E-state index contributed by atoms with van der Waals surface area (Å²) in [5.74, 6) is 0. The second-order valence-corrected chi connectivity index (χ2v) is 9.87. The molecule has 2 rings (SSSR count). The number of allylic oxidation sites excluding steroid dienone is 1. The summed E-state index contributed by atoms with van der Waals surface area (Å²) in [5, 5.41) is 2.74. The summed E-state index contributed by atoms with van der Waals surface area (Å²) >= 11 is 0. The maximum absolute atomic E-state index is 3.79. The van der Waals surface area contributed by atoms with Crippen LogP contribution in [0, 0.1) is 0 Å². The first-order valence-electron chi connectivity index (χ1n) is 14.0. The number of unbranched alkanes of at least 4 members (excludes halogenated alkanes) is 18. The normalized spacial score (nSPS) is 11.2. The molecule has 2 aromatic carbocycles. The SMILES string of the molecule is C=CCCCCCCCCCCCCCCCCCCCCc1ccc2ccccc2c1. The number of aryl methyl sites for hydroxylation is 1. The van der Waals surface area contributed by atoms with Crippen LogP contribution in [0.15, 0.2) is 55.1 Å². The van der Waals surface area contributed by atoms with E-state index >= 15 is 0 Å². The highest BCUT2D eigenvalue weighted by atomic mass is 14.0. The van der Waals surface area contributed by atoms with E-state index in [1.54, 1.807) is 0 Å². The predicted molar refractivity (Wildman–Crippen MR) is 146 cm³/mol. The van der Waals surface area contributed by atoms with Gasteiger partial charge >= 0.3 is 0 Å². The second-order valence-electron chi connectivity index (χ2n) is 9.87. The van der Waals surface area contributed by atoms with Crippen LogP contribution in [0.2, 0.25) is 0 Å². The van der Waals surface area contributed by atoms with E-state index in [9.17, 15) is 0 Å². The average molecular weight is 435 g/mol. The van der Waals surface area contributed by atoms with Crippen molar-refractivity contribution in [2.24, 2.45) is 0 Å². The molecule has 0 heteroatoms. The van der Waals surface area contributed by atoms with Crippen molar-refractivity contribution in [3.63, 3.8) is 0 Å². The lowest BCUT2D eigenvalue weighted by Gasteiger charge is -2.05. The Balaban J connectivity index is 1.28. The highest BCUT2D eigenvalue weighted by molar-refractivity contribution is 5.82. The fourth-order valence-corrected chi connectivity index (χ4v) is 4.84. The van der Waals surface area contributed by atoms with Crippen LogP contribution in [0.25, 0.3) is 10.8 Å². The van der Waals surface area contributed by atoms with Crippen molar-refractivity contribution in [1.82, 2.24) is 0 Å². The molecule has 0 nitrogen and oxygen atoms in total. The van der Waals surface area contributed by atoms with E-state index in [0.717, 1.165) is 0 Å². The van der Waals surface area contributed by atoms with Crippen LogP contribution in [0.3, 0.4) is 0 Å². The molecular weight excluding hydrogens is 384 g/mol. The lowest BCUT2D eigenvalue weighted by Crippen LogP contribution is -1.87. The Bertz CT molecular complexity index is 698. The minimum Gasteiger partial charge on any atom is -0.103 e. The van der Waals surface area contributed by atoms with Crippen LogP contribution in [0.4, 0.5) is 0 Å². The van der Waals surface area contributed by atoms with Crippen LogP contribution < -0.4 is 0 Å². The molecule has 32 heavy (non-hydrogen) atoms. The fraction of sp³-hybridized carbons (Fsp3) is 0.625. The van der Waals surface area contributed by atoms with Gasteiger partial charge in [-0.25, -0.2) is 0 Å². The summed E-state index contributed by atoms with van der Waals surface area (Å²) in [5.41, 5.74) is 1.50. The highest BCUT2D eigenvalue weighted by Crippen LogP contribution is 2.18. The minimum absolute atomic E-state index is 1.20. The van der Waals surface area contributed by atoms with Gasteiger partial charge in [0.25, 0.3) is 0 Å². The maximum Gasteiger partial charge on any atom is -0.0181 e. The van der Waals surface area contributed by atoms with E-state index in [1.807, 2.05) is 0 Å². The Morgan fingerprint density at radius 1 is 0.469 bits per heavy atom.